The van der Waals surface area contributed by atoms with Crippen molar-refractivity contribution in [2.45, 2.75) is 24.0 Å². The Balaban J connectivity index is 1.48. The SMILES string of the molecule is Cn1cnc(S(=O)(=O)N2CCC(=NOC(c3ccc(F)cc3)c3ccc(F)cc3)CC2)c1. The van der Waals surface area contributed by atoms with Crippen molar-refractivity contribution in [3.8, 4) is 0 Å². The molecule has 7 nitrogen and oxygen atoms in total. The molecule has 2 aromatic carbocycles. The maximum absolute atomic E-state index is 13.4. The number of aromatic nitrogens is 2. The number of rotatable bonds is 6. The first-order valence-electron chi connectivity index (χ1n) is 10.0. The monoisotopic (exact) mass is 460 g/mol. The number of hydrogen-bond donors (Lipinski definition) is 0. The summed E-state index contributed by atoms with van der Waals surface area (Å²) in [6, 6.07) is 11.6. The van der Waals surface area contributed by atoms with E-state index in [0.29, 0.717) is 29.7 Å². The molecule has 0 N–H and O–H groups in total. The van der Waals surface area contributed by atoms with Crippen LogP contribution < -0.4 is 0 Å². The summed E-state index contributed by atoms with van der Waals surface area (Å²) >= 11 is 0. The van der Waals surface area contributed by atoms with Crippen molar-refractivity contribution in [2.75, 3.05) is 13.1 Å². The zero-order valence-electron chi connectivity index (χ0n) is 17.4. The normalized spacial score (nSPS) is 15.2. The van der Waals surface area contributed by atoms with E-state index in [4.69, 9.17) is 4.84 Å². The van der Waals surface area contributed by atoms with Crippen LogP contribution in [0.25, 0.3) is 0 Å². The molecule has 1 aliphatic rings. The Morgan fingerprint density at radius 2 is 1.50 bits per heavy atom. The maximum atomic E-state index is 13.4. The lowest BCUT2D eigenvalue weighted by molar-refractivity contribution is 0.0855. The fraction of sp³-hybridized carbons (Fsp3) is 0.273. The quantitative estimate of drug-likeness (QED) is 0.527. The van der Waals surface area contributed by atoms with Crippen molar-refractivity contribution in [3.63, 3.8) is 0 Å². The summed E-state index contributed by atoms with van der Waals surface area (Å²) in [5.74, 6) is -0.751. The van der Waals surface area contributed by atoms with E-state index in [0.717, 1.165) is 0 Å². The molecule has 0 atom stereocenters. The molecular formula is C22H22F2N4O3S. The number of aryl methyl sites for hydroxylation is 1. The van der Waals surface area contributed by atoms with Gasteiger partial charge in [-0.25, -0.2) is 22.2 Å². The maximum Gasteiger partial charge on any atom is 0.262 e. The van der Waals surface area contributed by atoms with E-state index in [1.165, 1.54) is 41.1 Å². The van der Waals surface area contributed by atoms with Gasteiger partial charge in [-0.1, -0.05) is 29.4 Å². The van der Waals surface area contributed by atoms with Gasteiger partial charge in [-0.15, -0.1) is 0 Å². The third-order valence-electron chi connectivity index (χ3n) is 5.22. The molecule has 1 aromatic heterocycles. The van der Waals surface area contributed by atoms with Gasteiger partial charge in [-0.3, -0.25) is 0 Å². The molecule has 2 heterocycles. The highest BCUT2D eigenvalue weighted by atomic mass is 32.2. The largest absolute Gasteiger partial charge is 0.383 e. The third kappa shape index (κ3) is 4.86. The van der Waals surface area contributed by atoms with Crippen molar-refractivity contribution in [3.05, 3.63) is 83.8 Å². The van der Waals surface area contributed by atoms with Crippen LogP contribution in [-0.4, -0.2) is 41.1 Å². The van der Waals surface area contributed by atoms with E-state index in [1.807, 2.05) is 0 Å². The van der Waals surface area contributed by atoms with E-state index in [-0.39, 0.29) is 29.7 Å². The molecule has 0 amide bonds. The first kappa shape index (κ1) is 22.1. The smallest absolute Gasteiger partial charge is 0.262 e. The minimum atomic E-state index is -3.66. The topological polar surface area (TPSA) is 76.8 Å². The summed E-state index contributed by atoms with van der Waals surface area (Å²) in [5.41, 5.74) is 2.04. The van der Waals surface area contributed by atoms with E-state index in [9.17, 15) is 17.2 Å². The summed E-state index contributed by atoms with van der Waals surface area (Å²) in [6.45, 7) is 0.526. The fourth-order valence-electron chi connectivity index (χ4n) is 3.45. The highest BCUT2D eigenvalue weighted by Crippen LogP contribution is 2.28. The van der Waals surface area contributed by atoms with Crippen LogP contribution >= 0.6 is 0 Å². The predicted molar refractivity (Wildman–Crippen MR) is 114 cm³/mol. The lowest BCUT2D eigenvalue weighted by Crippen LogP contribution is -2.38. The fourth-order valence-corrected chi connectivity index (χ4v) is 4.85. The van der Waals surface area contributed by atoms with Crippen LogP contribution in [0.5, 0.6) is 0 Å². The van der Waals surface area contributed by atoms with Crippen molar-refractivity contribution >= 4 is 15.7 Å². The number of halogens is 2. The summed E-state index contributed by atoms with van der Waals surface area (Å²) in [7, 11) is -1.94. The van der Waals surface area contributed by atoms with E-state index >= 15 is 0 Å². The van der Waals surface area contributed by atoms with Gasteiger partial charge in [0.15, 0.2) is 11.1 Å². The first-order chi connectivity index (χ1) is 15.3. The van der Waals surface area contributed by atoms with Crippen molar-refractivity contribution in [1.82, 2.24) is 13.9 Å². The second-order valence-corrected chi connectivity index (χ2v) is 9.41. The lowest BCUT2D eigenvalue weighted by Gasteiger charge is -2.26. The molecule has 168 valence electrons. The zero-order valence-corrected chi connectivity index (χ0v) is 18.2. The zero-order chi connectivity index (χ0) is 22.7. The number of oxime groups is 1. The van der Waals surface area contributed by atoms with E-state index < -0.39 is 16.1 Å². The molecule has 1 aliphatic heterocycles. The van der Waals surface area contributed by atoms with Crippen LogP contribution in [0, 0.1) is 11.6 Å². The van der Waals surface area contributed by atoms with Gasteiger partial charge >= 0.3 is 0 Å². The molecule has 0 spiro atoms. The molecule has 1 fully saturated rings. The van der Waals surface area contributed by atoms with Crippen LogP contribution in [0.3, 0.4) is 0 Å². The molecule has 32 heavy (non-hydrogen) atoms. The third-order valence-corrected chi connectivity index (χ3v) is 7.00. The number of imidazole rings is 1. The Hall–Kier alpha value is -3.11. The number of piperidine rings is 1. The van der Waals surface area contributed by atoms with Crippen LogP contribution in [-0.2, 0) is 21.9 Å². The average Bonchev–Trinajstić information content (AvgIpc) is 3.24. The number of hydrogen-bond acceptors (Lipinski definition) is 5. The second-order valence-electron chi connectivity index (χ2n) is 7.53. The van der Waals surface area contributed by atoms with Crippen LogP contribution in [0.1, 0.15) is 30.1 Å². The molecule has 0 saturated carbocycles. The van der Waals surface area contributed by atoms with Crippen molar-refractivity contribution < 1.29 is 22.0 Å². The van der Waals surface area contributed by atoms with Gasteiger partial charge in [-0.2, -0.15) is 4.31 Å². The van der Waals surface area contributed by atoms with E-state index in [2.05, 4.69) is 10.1 Å². The van der Waals surface area contributed by atoms with Gasteiger partial charge in [0, 0.05) is 39.2 Å². The highest BCUT2D eigenvalue weighted by Gasteiger charge is 2.30. The van der Waals surface area contributed by atoms with Gasteiger partial charge in [0.05, 0.1) is 12.0 Å². The average molecular weight is 461 g/mol. The summed E-state index contributed by atoms with van der Waals surface area (Å²) in [4.78, 5) is 9.75. The van der Waals surface area contributed by atoms with Crippen molar-refractivity contribution in [1.29, 1.82) is 0 Å². The molecule has 3 aromatic rings. The second kappa shape index (κ2) is 9.17. The summed E-state index contributed by atoms with van der Waals surface area (Å²) in [5, 5.41) is 4.28. The number of benzene rings is 2. The Morgan fingerprint density at radius 1 is 0.969 bits per heavy atom. The highest BCUT2D eigenvalue weighted by molar-refractivity contribution is 7.89. The molecule has 4 rings (SSSR count). The molecule has 1 saturated heterocycles. The molecular weight excluding hydrogens is 438 g/mol. The van der Waals surface area contributed by atoms with Crippen LogP contribution in [0.15, 0.2) is 71.2 Å². The predicted octanol–water partition coefficient (Wildman–Crippen LogP) is 3.65. The number of sulfonamides is 1. The van der Waals surface area contributed by atoms with Gasteiger partial charge in [0.25, 0.3) is 10.0 Å². The minimum absolute atomic E-state index is 0.0179. The molecule has 0 radical (unpaired) electrons. The number of nitrogens with zero attached hydrogens (tertiary/aromatic N) is 4. The van der Waals surface area contributed by atoms with Gasteiger partial charge < -0.3 is 9.40 Å². The lowest BCUT2D eigenvalue weighted by atomic mass is 10.0. The molecule has 10 heteroatoms. The summed E-state index contributed by atoms with van der Waals surface area (Å²) in [6.07, 6.45) is 3.08. The first-order valence-corrected chi connectivity index (χ1v) is 11.5. The van der Waals surface area contributed by atoms with Crippen molar-refractivity contribution in [2.24, 2.45) is 12.2 Å². The Labute approximate surface area is 185 Å². The van der Waals surface area contributed by atoms with Gasteiger partial charge in [-0.05, 0) is 35.4 Å². The standard InChI is InChI=1S/C22H22F2N4O3S/c1-27-14-21(25-15-27)32(29,30)28-12-10-20(11-13-28)26-31-22(16-2-6-18(23)7-3-16)17-4-8-19(24)9-5-17/h2-9,14-15,22H,10-13H2,1H3. The summed E-state index contributed by atoms with van der Waals surface area (Å²) < 4.78 is 55.1. The van der Waals surface area contributed by atoms with E-state index in [1.54, 1.807) is 35.9 Å². The Morgan fingerprint density at radius 3 is 1.97 bits per heavy atom. The Bertz CT molecular complexity index is 1150. The molecule has 0 unspecified atom stereocenters. The van der Waals surface area contributed by atoms with Gasteiger partial charge in [0.1, 0.15) is 11.6 Å². The molecule has 0 bridgehead atoms. The Kier molecular flexibility index (Phi) is 6.33. The van der Waals surface area contributed by atoms with Gasteiger partial charge in [0.2, 0.25) is 0 Å². The van der Waals surface area contributed by atoms with Crippen LogP contribution in [0.4, 0.5) is 8.78 Å². The molecule has 0 aliphatic carbocycles. The minimum Gasteiger partial charge on any atom is -0.383 e. The van der Waals surface area contributed by atoms with Crippen LogP contribution in [0.2, 0.25) is 0 Å².